The Hall–Kier alpha value is -2.14. The van der Waals surface area contributed by atoms with Gasteiger partial charge in [0.2, 0.25) is 5.91 Å². The lowest BCUT2D eigenvalue weighted by Gasteiger charge is -2.14. The zero-order valence-electron chi connectivity index (χ0n) is 14.5. The summed E-state index contributed by atoms with van der Waals surface area (Å²) in [6.45, 7) is 1.92. The lowest BCUT2D eigenvalue weighted by Crippen LogP contribution is -2.22. The Morgan fingerprint density at radius 2 is 1.88 bits per heavy atom. The molecule has 0 aliphatic rings. The van der Waals surface area contributed by atoms with Gasteiger partial charge < -0.3 is 14.8 Å². The number of amides is 1. The summed E-state index contributed by atoms with van der Waals surface area (Å²) in [6, 6.07) is 13.6. The molecule has 0 aromatic heterocycles. The first kappa shape index (κ1) is 18.2. The maximum Gasteiger partial charge on any atom is 0.227 e. The average Bonchev–Trinajstić information content (AvgIpc) is 2.61. The standard InChI is InChI=1S/C19H23NO3S/c1-13(10-14-8-9-17(22-2)18(11-14)23-3)19(21)20-15-6-5-7-16(12-15)24-4/h5-9,11-13H,10H2,1-4H3,(H,20,21). The fourth-order valence-electron chi connectivity index (χ4n) is 2.42. The van der Waals surface area contributed by atoms with E-state index in [2.05, 4.69) is 5.32 Å². The molecule has 0 heterocycles. The molecule has 4 nitrogen and oxygen atoms in total. The van der Waals surface area contributed by atoms with Crippen molar-refractivity contribution in [3.05, 3.63) is 48.0 Å². The first-order valence-corrected chi connectivity index (χ1v) is 8.95. The highest BCUT2D eigenvalue weighted by Gasteiger charge is 2.15. The molecule has 2 rings (SSSR count). The molecule has 0 bridgehead atoms. The van der Waals surface area contributed by atoms with Gasteiger partial charge in [0.05, 0.1) is 14.2 Å². The smallest absolute Gasteiger partial charge is 0.227 e. The molecule has 2 aromatic carbocycles. The van der Waals surface area contributed by atoms with Crippen molar-refractivity contribution < 1.29 is 14.3 Å². The SMILES string of the molecule is COc1ccc(CC(C)C(=O)Nc2cccc(SC)c2)cc1OC. The van der Waals surface area contributed by atoms with Crippen LogP contribution in [0, 0.1) is 5.92 Å². The van der Waals surface area contributed by atoms with E-state index >= 15 is 0 Å². The number of thioether (sulfide) groups is 1. The fourth-order valence-corrected chi connectivity index (χ4v) is 2.88. The van der Waals surface area contributed by atoms with Gasteiger partial charge in [-0.05, 0) is 48.6 Å². The van der Waals surface area contributed by atoms with Crippen LogP contribution in [0.1, 0.15) is 12.5 Å². The number of methoxy groups -OCH3 is 2. The van der Waals surface area contributed by atoms with Crippen LogP contribution in [0.15, 0.2) is 47.4 Å². The first-order chi connectivity index (χ1) is 11.6. The van der Waals surface area contributed by atoms with Gasteiger partial charge in [-0.2, -0.15) is 0 Å². The molecule has 0 fully saturated rings. The lowest BCUT2D eigenvalue weighted by molar-refractivity contribution is -0.119. The predicted octanol–water partition coefficient (Wildman–Crippen LogP) is 4.24. The average molecular weight is 345 g/mol. The Balaban J connectivity index is 2.03. The number of carbonyl (C=O) groups excluding carboxylic acids is 1. The molecule has 128 valence electrons. The Morgan fingerprint density at radius 3 is 2.54 bits per heavy atom. The Kier molecular flexibility index (Phi) is 6.55. The summed E-state index contributed by atoms with van der Waals surface area (Å²) in [5.41, 5.74) is 1.86. The predicted molar refractivity (Wildman–Crippen MR) is 99.3 cm³/mol. The highest BCUT2D eigenvalue weighted by Crippen LogP contribution is 2.28. The topological polar surface area (TPSA) is 47.6 Å². The zero-order valence-corrected chi connectivity index (χ0v) is 15.3. The van der Waals surface area contributed by atoms with Crippen LogP contribution < -0.4 is 14.8 Å². The minimum absolute atomic E-state index is 0.00281. The quantitative estimate of drug-likeness (QED) is 0.763. The van der Waals surface area contributed by atoms with Gasteiger partial charge in [0.15, 0.2) is 11.5 Å². The molecule has 0 saturated carbocycles. The molecule has 0 radical (unpaired) electrons. The van der Waals surface area contributed by atoms with Crippen LogP contribution in [0.3, 0.4) is 0 Å². The third kappa shape index (κ3) is 4.68. The van der Waals surface area contributed by atoms with E-state index in [4.69, 9.17) is 9.47 Å². The van der Waals surface area contributed by atoms with Gasteiger partial charge >= 0.3 is 0 Å². The lowest BCUT2D eigenvalue weighted by atomic mass is 10.00. The monoisotopic (exact) mass is 345 g/mol. The number of hydrogen-bond donors (Lipinski definition) is 1. The third-order valence-corrected chi connectivity index (χ3v) is 4.50. The molecule has 0 spiro atoms. The van der Waals surface area contributed by atoms with Crippen LogP contribution in [0.25, 0.3) is 0 Å². The van der Waals surface area contributed by atoms with Crippen molar-refractivity contribution in [1.82, 2.24) is 0 Å². The summed E-state index contributed by atoms with van der Waals surface area (Å²) in [6.07, 6.45) is 2.65. The molecular formula is C19H23NO3S. The van der Waals surface area contributed by atoms with Crippen LogP contribution in [0.2, 0.25) is 0 Å². The van der Waals surface area contributed by atoms with Crippen LogP contribution in [0.5, 0.6) is 11.5 Å². The zero-order chi connectivity index (χ0) is 17.5. The van der Waals surface area contributed by atoms with Gasteiger partial charge in [0, 0.05) is 16.5 Å². The highest BCUT2D eigenvalue weighted by molar-refractivity contribution is 7.98. The maximum atomic E-state index is 12.4. The van der Waals surface area contributed by atoms with Gasteiger partial charge in [-0.1, -0.05) is 19.1 Å². The fraction of sp³-hybridized carbons (Fsp3) is 0.316. The second-order valence-corrected chi connectivity index (χ2v) is 6.40. The van der Waals surface area contributed by atoms with Crippen molar-refractivity contribution in [3.8, 4) is 11.5 Å². The number of hydrogen-bond acceptors (Lipinski definition) is 4. The van der Waals surface area contributed by atoms with E-state index in [1.165, 1.54) is 0 Å². The van der Waals surface area contributed by atoms with Crippen molar-refractivity contribution >= 4 is 23.4 Å². The number of rotatable bonds is 7. The van der Waals surface area contributed by atoms with Crippen LogP contribution >= 0.6 is 11.8 Å². The molecule has 1 unspecified atom stereocenters. The van der Waals surface area contributed by atoms with Gasteiger partial charge in [-0.3, -0.25) is 4.79 Å². The molecule has 1 atom stereocenters. The molecule has 0 aliphatic heterocycles. The largest absolute Gasteiger partial charge is 0.493 e. The van der Waals surface area contributed by atoms with Crippen LogP contribution in [-0.2, 0) is 11.2 Å². The summed E-state index contributed by atoms with van der Waals surface area (Å²) in [5, 5.41) is 2.98. The molecule has 5 heteroatoms. The maximum absolute atomic E-state index is 12.4. The van der Waals surface area contributed by atoms with Crippen molar-refractivity contribution in [2.75, 3.05) is 25.8 Å². The molecule has 1 amide bonds. The van der Waals surface area contributed by atoms with Crippen molar-refractivity contribution in [1.29, 1.82) is 0 Å². The molecule has 0 saturated heterocycles. The number of ether oxygens (including phenoxy) is 2. The molecule has 0 aliphatic carbocycles. The number of benzene rings is 2. The Labute approximate surface area is 147 Å². The van der Waals surface area contributed by atoms with Crippen molar-refractivity contribution in [2.24, 2.45) is 5.92 Å². The van der Waals surface area contributed by atoms with Crippen molar-refractivity contribution in [2.45, 2.75) is 18.2 Å². The number of nitrogens with one attached hydrogen (secondary N) is 1. The second kappa shape index (κ2) is 8.64. The highest BCUT2D eigenvalue weighted by atomic mass is 32.2. The summed E-state index contributed by atoms with van der Waals surface area (Å²) in [7, 11) is 3.22. The summed E-state index contributed by atoms with van der Waals surface area (Å²) < 4.78 is 10.6. The summed E-state index contributed by atoms with van der Waals surface area (Å²) in [5.74, 6) is 1.21. The van der Waals surface area contributed by atoms with Gasteiger partial charge in [-0.25, -0.2) is 0 Å². The minimum atomic E-state index is -0.152. The van der Waals surface area contributed by atoms with E-state index in [0.29, 0.717) is 17.9 Å². The molecule has 24 heavy (non-hydrogen) atoms. The minimum Gasteiger partial charge on any atom is -0.493 e. The second-order valence-electron chi connectivity index (χ2n) is 5.52. The van der Waals surface area contributed by atoms with Crippen LogP contribution in [0.4, 0.5) is 5.69 Å². The molecule has 2 aromatic rings. The summed E-state index contributed by atoms with van der Waals surface area (Å²) >= 11 is 1.65. The normalized spacial score (nSPS) is 11.7. The number of carbonyl (C=O) groups is 1. The van der Waals surface area contributed by atoms with Crippen molar-refractivity contribution in [3.63, 3.8) is 0 Å². The van der Waals surface area contributed by atoms with Gasteiger partial charge in [0.1, 0.15) is 0 Å². The van der Waals surface area contributed by atoms with Gasteiger partial charge in [0.25, 0.3) is 0 Å². The van der Waals surface area contributed by atoms with E-state index in [0.717, 1.165) is 16.1 Å². The summed E-state index contributed by atoms with van der Waals surface area (Å²) in [4.78, 5) is 13.5. The number of anilines is 1. The van der Waals surface area contributed by atoms with E-state index in [1.54, 1.807) is 26.0 Å². The molecular weight excluding hydrogens is 322 g/mol. The Morgan fingerprint density at radius 1 is 1.12 bits per heavy atom. The first-order valence-electron chi connectivity index (χ1n) is 7.73. The van der Waals surface area contributed by atoms with E-state index in [-0.39, 0.29) is 11.8 Å². The van der Waals surface area contributed by atoms with Gasteiger partial charge in [-0.15, -0.1) is 11.8 Å². The van der Waals surface area contributed by atoms with E-state index in [1.807, 2.05) is 55.6 Å². The Bertz CT molecular complexity index is 703. The van der Waals surface area contributed by atoms with E-state index < -0.39 is 0 Å². The third-order valence-electron chi connectivity index (χ3n) is 3.77. The van der Waals surface area contributed by atoms with E-state index in [9.17, 15) is 4.79 Å². The van der Waals surface area contributed by atoms with Crippen LogP contribution in [-0.4, -0.2) is 26.4 Å². The molecule has 1 N–H and O–H groups in total.